The highest BCUT2D eigenvalue weighted by Crippen LogP contribution is 2.38. The van der Waals surface area contributed by atoms with Gasteiger partial charge < -0.3 is 9.09 Å². The van der Waals surface area contributed by atoms with Gasteiger partial charge in [-0.05, 0) is 36.6 Å². The number of hydrogen-bond acceptors (Lipinski definition) is 4. The number of rotatable bonds is 4. The van der Waals surface area contributed by atoms with Crippen molar-refractivity contribution in [3.8, 4) is 11.6 Å². The van der Waals surface area contributed by atoms with E-state index in [1.165, 1.54) is 10.6 Å². The second-order valence-corrected chi connectivity index (χ2v) is 7.51. The van der Waals surface area contributed by atoms with Crippen molar-refractivity contribution in [2.24, 2.45) is 13.0 Å². The van der Waals surface area contributed by atoms with E-state index in [1.54, 1.807) is 19.2 Å². The van der Waals surface area contributed by atoms with Crippen molar-refractivity contribution in [2.75, 3.05) is 0 Å². The first-order chi connectivity index (χ1) is 11.8. The molecular formula is C19H20BrN3O2. The number of pyridine rings is 1. The van der Waals surface area contributed by atoms with Crippen LogP contribution in [0.5, 0.6) is 0 Å². The first-order valence-corrected chi connectivity index (χ1v) is 8.90. The van der Waals surface area contributed by atoms with Gasteiger partial charge in [-0.2, -0.15) is 4.98 Å². The molecule has 3 rings (SSSR count). The van der Waals surface area contributed by atoms with E-state index >= 15 is 0 Å². The summed E-state index contributed by atoms with van der Waals surface area (Å²) in [7, 11) is 1.69. The maximum Gasteiger partial charge on any atom is 0.274 e. The van der Waals surface area contributed by atoms with Crippen LogP contribution in [0.15, 0.2) is 56.3 Å². The van der Waals surface area contributed by atoms with Gasteiger partial charge in [0.1, 0.15) is 5.69 Å². The molecule has 0 amide bonds. The Bertz CT molecular complexity index is 944. The number of halogens is 1. The predicted octanol–water partition coefficient (Wildman–Crippen LogP) is 4.16. The Balaban J connectivity index is 2.11. The molecule has 1 atom stereocenters. The molecular weight excluding hydrogens is 382 g/mol. The van der Waals surface area contributed by atoms with Crippen LogP contribution in [0.2, 0.25) is 0 Å². The topological polar surface area (TPSA) is 60.9 Å². The van der Waals surface area contributed by atoms with Crippen molar-refractivity contribution in [3.05, 3.63) is 68.7 Å². The predicted molar refractivity (Wildman–Crippen MR) is 100 cm³/mol. The fraction of sp³-hybridized carbons (Fsp3) is 0.316. The molecule has 2 aromatic heterocycles. The Kier molecular flexibility index (Phi) is 4.64. The van der Waals surface area contributed by atoms with Crippen LogP contribution in [0, 0.1) is 5.92 Å². The highest BCUT2D eigenvalue weighted by Gasteiger charge is 2.37. The molecule has 25 heavy (non-hydrogen) atoms. The van der Waals surface area contributed by atoms with Gasteiger partial charge in [0.2, 0.25) is 0 Å². The van der Waals surface area contributed by atoms with Crippen LogP contribution in [0.1, 0.15) is 32.2 Å². The molecule has 130 valence electrons. The van der Waals surface area contributed by atoms with Crippen LogP contribution < -0.4 is 5.56 Å². The second-order valence-electron chi connectivity index (χ2n) is 6.60. The zero-order valence-electron chi connectivity index (χ0n) is 14.7. The summed E-state index contributed by atoms with van der Waals surface area (Å²) in [5.74, 6) is 1.20. The van der Waals surface area contributed by atoms with Gasteiger partial charge in [-0.1, -0.05) is 53.1 Å². The highest BCUT2D eigenvalue weighted by molar-refractivity contribution is 9.10. The van der Waals surface area contributed by atoms with Crippen molar-refractivity contribution >= 4 is 15.9 Å². The minimum atomic E-state index is -0.407. The van der Waals surface area contributed by atoms with E-state index in [1.807, 2.05) is 12.1 Å². The number of aromatic nitrogens is 3. The van der Waals surface area contributed by atoms with Crippen LogP contribution in [0.3, 0.4) is 0 Å². The SMILES string of the molecule is CC(C)C(C)(c1ccc(Br)cc1)c1noc(-c2cccc(=O)n2C)n1. The lowest BCUT2D eigenvalue weighted by Crippen LogP contribution is -2.31. The van der Waals surface area contributed by atoms with E-state index in [9.17, 15) is 4.79 Å². The Labute approximate surface area is 154 Å². The smallest absolute Gasteiger partial charge is 0.274 e. The Morgan fingerprint density at radius 3 is 2.48 bits per heavy atom. The Hall–Kier alpha value is -2.21. The molecule has 5 nitrogen and oxygen atoms in total. The van der Waals surface area contributed by atoms with Crippen molar-refractivity contribution in [2.45, 2.75) is 26.2 Å². The molecule has 0 radical (unpaired) electrons. The van der Waals surface area contributed by atoms with Crippen LogP contribution in [-0.2, 0) is 12.5 Å². The number of benzene rings is 1. The molecule has 6 heteroatoms. The van der Waals surface area contributed by atoms with Crippen LogP contribution in [0.4, 0.5) is 0 Å². The van der Waals surface area contributed by atoms with Crippen molar-refractivity contribution in [3.63, 3.8) is 0 Å². The maximum atomic E-state index is 11.8. The fourth-order valence-corrected chi connectivity index (χ4v) is 3.10. The number of nitrogens with zero attached hydrogens (tertiary/aromatic N) is 3. The molecule has 0 aliphatic heterocycles. The van der Waals surface area contributed by atoms with Crippen molar-refractivity contribution in [1.82, 2.24) is 14.7 Å². The zero-order valence-corrected chi connectivity index (χ0v) is 16.2. The molecule has 0 bridgehead atoms. The summed E-state index contributed by atoms with van der Waals surface area (Å²) in [6, 6.07) is 13.1. The fourth-order valence-electron chi connectivity index (χ4n) is 2.83. The van der Waals surface area contributed by atoms with Gasteiger partial charge >= 0.3 is 0 Å². The van der Waals surface area contributed by atoms with E-state index in [4.69, 9.17) is 4.52 Å². The summed E-state index contributed by atoms with van der Waals surface area (Å²) in [6.45, 7) is 6.38. The number of hydrogen-bond donors (Lipinski definition) is 0. The van der Waals surface area contributed by atoms with E-state index in [0.717, 1.165) is 10.0 Å². The monoisotopic (exact) mass is 401 g/mol. The van der Waals surface area contributed by atoms with Crippen molar-refractivity contribution in [1.29, 1.82) is 0 Å². The highest BCUT2D eigenvalue weighted by atomic mass is 79.9. The van der Waals surface area contributed by atoms with Gasteiger partial charge in [0.05, 0.1) is 5.41 Å². The van der Waals surface area contributed by atoms with Crippen molar-refractivity contribution < 1.29 is 4.52 Å². The molecule has 0 fully saturated rings. The summed E-state index contributed by atoms with van der Waals surface area (Å²) in [5, 5.41) is 4.24. The molecule has 0 aliphatic carbocycles. The Morgan fingerprint density at radius 1 is 1.16 bits per heavy atom. The van der Waals surface area contributed by atoms with E-state index < -0.39 is 5.41 Å². The van der Waals surface area contributed by atoms with Gasteiger partial charge in [0, 0.05) is 17.6 Å². The van der Waals surface area contributed by atoms with Gasteiger partial charge in [-0.25, -0.2) is 0 Å². The quantitative estimate of drug-likeness (QED) is 0.658. The summed E-state index contributed by atoms with van der Waals surface area (Å²) >= 11 is 3.47. The van der Waals surface area contributed by atoms with Gasteiger partial charge in [0.25, 0.3) is 11.4 Å². The van der Waals surface area contributed by atoms with Crippen LogP contribution >= 0.6 is 15.9 Å². The third-order valence-electron chi connectivity index (χ3n) is 4.89. The molecule has 0 N–H and O–H groups in total. The van der Waals surface area contributed by atoms with Gasteiger partial charge in [-0.3, -0.25) is 4.79 Å². The average molecular weight is 402 g/mol. The lowest BCUT2D eigenvalue weighted by molar-refractivity contribution is 0.350. The van der Waals surface area contributed by atoms with E-state index in [0.29, 0.717) is 17.4 Å². The molecule has 0 saturated heterocycles. The lowest BCUT2D eigenvalue weighted by Gasteiger charge is -2.31. The van der Waals surface area contributed by atoms with Gasteiger partial charge in [0.15, 0.2) is 5.82 Å². The largest absolute Gasteiger partial charge is 0.332 e. The molecule has 2 heterocycles. The molecule has 0 saturated carbocycles. The minimum absolute atomic E-state index is 0.114. The van der Waals surface area contributed by atoms with E-state index in [-0.39, 0.29) is 11.5 Å². The summed E-state index contributed by atoms with van der Waals surface area (Å²) in [6.07, 6.45) is 0. The second kappa shape index (κ2) is 6.59. The first kappa shape index (κ1) is 17.6. The summed E-state index contributed by atoms with van der Waals surface area (Å²) < 4.78 is 8.03. The third-order valence-corrected chi connectivity index (χ3v) is 5.42. The molecule has 0 spiro atoms. The third kappa shape index (κ3) is 3.06. The molecule has 1 aromatic carbocycles. The zero-order chi connectivity index (χ0) is 18.2. The van der Waals surface area contributed by atoms with Crippen LogP contribution in [-0.4, -0.2) is 14.7 Å². The standard InChI is InChI=1S/C19H20BrN3O2/c1-12(2)19(3,13-8-10-14(20)11-9-13)18-21-17(25-22-18)15-6-5-7-16(24)23(15)4/h5-12H,1-4H3. The molecule has 3 aromatic rings. The van der Waals surface area contributed by atoms with Crippen LogP contribution in [0.25, 0.3) is 11.6 Å². The van der Waals surface area contributed by atoms with E-state index in [2.05, 4.69) is 59.0 Å². The summed E-state index contributed by atoms with van der Waals surface area (Å²) in [5.41, 5.74) is 1.20. The summed E-state index contributed by atoms with van der Waals surface area (Å²) in [4.78, 5) is 16.5. The Morgan fingerprint density at radius 2 is 1.84 bits per heavy atom. The lowest BCUT2D eigenvalue weighted by atomic mass is 9.73. The first-order valence-electron chi connectivity index (χ1n) is 8.10. The molecule has 1 unspecified atom stereocenters. The van der Waals surface area contributed by atoms with Gasteiger partial charge in [-0.15, -0.1) is 0 Å². The maximum absolute atomic E-state index is 11.8. The normalized spacial score (nSPS) is 13.8. The average Bonchev–Trinajstić information content (AvgIpc) is 3.07. The molecule has 0 aliphatic rings. The minimum Gasteiger partial charge on any atom is -0.332 e.